The van der Waals surface area contributed by atoms with Crippen LogP contribution in [-0.4, -0.2) is 9.97 Å². The van der Waals surface area contributed by atoms with Gasteiger partial charge in [-0.2, -0.15) is 0 Å². The number of hydrogen-bond donors (Lipinski definition) is 2. The summed E-state index contributed by atoms with van der Waals surface area (Å²) in [7, 11) is 0. The topological polar surface area (TPSA) is 77.8 Å². The van der Waals surface area contributed by atoms with Crippen LogP contribution in [0.3, 0.4) is 0 Å². The van der Waals surface area contributed by atoms with E-state index in [1.54, 1.807) is 12.4 Å². The number of hydrogen-bond acceptors (Lipinski definition) is 4. The number of fused-ring (bicyclic) bond motifs is 2. The molecule has 4 N–H and O–H groups in total. The van der Waals surface area contributed by atoms with E-state index in [9.17, 15) is 0 Å². The molecule has 0 aliphatic carbocycles. The molecule has 0 unspecified atom stereocenters. The molecular weight excluding hydrogens is 272 g/mol. The highest BCUT2D eigenvalue weighted by molar-refractivity contribution is 5.88. The Bertz CT molecular complexity index is 907. The molecule has 2 aromatic heterocycles. The Balaban J connectivity index is 0.000000131. The van der Waals surface area contributed by atoms with Crippen molar-refractivity contribution in [3.63, 3.8) is 0 Å². The van der Waals surface area contributed by atoms with Crippen molar-refractivity contribution in [2.24, 2.45) is 0 Å². The second-order valence-corrected chi connectivity index (χ2v) is 4.88. The van der Waals surface area contributed by atoms with Gasteiger partial charge in [0, 0.05) is 28.9 Å². The van der Waals surface area contributed by atoms with E-state index >= 15 is 0 Å². The van der Waals surface area contributed by atoms with Gasteiger partial charge in [-0.25, -0.2) is 0 Å². The number of anilines is 2. The summed E-state index contributed by atoms with van der Waals surface area (Å²) in [6.07, 6.45) is 3.53. The van der Waals surface area contributed by atoms with Crippen molar-refractivity contribution in [1.29, 1.82) is 0 Å². The van der Waals surface area contributed by atoms with Gasteiger partial charge in [0.15, 0.2) is 0 Å². The number of nitrogen functional groups attached to an aromatic ring is 2. The largest absolute Gasteiger partial charge is 0.399 e. The fourth-order valence-corrected chi connectivity index (χ4v) is 2.22. The third kappa shape index (κ3) is 2.96. The third-order valence-corrected chi connectivity index (χ3v) is 3.29. The van der Waals surface area contributed by atoms with Crippen molar-refractivity contribution < 1.29 is 0 Å². The maximum atomic E-state index is 5.69. The molecule has 4 nitrogen and oxygen atoms in total. The van der Waals surface area contributed by atoms with Crippen LogP contribution < -0.4 is 11.5 Å². The van der Waals surface area contributed by atoms with Gasteiger partial charge < -0.3 is 11.5 Å². The highest BCUT2D eigenvalue weighted by Gasteiger charge is 1.94. The van der Waals surface area contributed by atoms with Crippen LogP contribution in [-0.2, 0) is 0 Å². The molecule has 0 bridgehead atoms. The number of para-hydroxylation sites is 1. The summed E-state index contributed by atoms with van der Waals surface area (Å²) in [6.45, 7) is 0. The van der Waals surface area contributed by atoms with Gasteiger partial charge in [-0.15, -0.1) is 0 Å². The Kier molecular flexibility index (Phi) is 3.83. The van der Waals surface area contributed by atoms with Crippen LogP contribution in [0.25, 0.3) is 21.8 Å². The molecule has 0 saturated heterocycles. The Morgan fingerprint density at radius 2 is 1.41 bits per heavy atom. The van der Waals surface area contributed by atoms with E-state index in [-0.39, 0.29) is 0 Å². The van der Waals surface area contributed by atoms with Gasteiger partial charge in [0.2, 0.25) is 0 Å². The highest BCUT2D eigenvalue weighted by atomic mass is 14.7. The molecule has 0 aliphatic heterocycles. The lowest BCUT2D eigenvalue weighted by atomic mass is 10.2. The molecule has 4 aromatic rings. The Morgan fingerprint density at radius 3 is 2.23 bits per heavy atom. The van der Waals surface area contributed by atoms with Crippen LogP contribution in [0.4, 0.5) is 11.4 Å². The molecule has 2 aromatic carbocycles. The summed E-state index contributed by atoms with van der Waals surface area (Å²) in [5.41, 5.74) is 14.7. The second-order valence-electron chi connectivity index (χ2n) is 4.88. The lowest BCUT2D eigenvalue weighted by Crippen LogP contribution is -1.87. The van der Waals surface area contributed by atoms with Crippen molar-refractivity contribution in [3.05, 3.63) is 73.1 Å². The van der Waals surface area contributed by atoms with E-state index in [1.165, 1.54) is 0 Å². The summed E-state index contributed by atoms with van der Waals surface area (Å²) >= 11 is 0. The summed E-state index contributed by atoms with van der Waals surface area (Å²) in [5, 5.41) is 2.18. The van der Waals surface area contributed by atoms with E-state index in [4.69, 9.17) is 11.5 Å². The average molecular weight is 288 g/mol. The first-order chi connectivity index (χ1) is 10.7. The molecule has 108 valence electrons. The monoisotopic (exact) mass is 288 g/mol. The molecule has 0 saturated carbocycles. The summed E-state index contributed by atoms with van der Waals surface area (Å²) < 4.78 is 0. The fourth-order valence-electron chi connectivity index (χ4n) is 2.22. The Labute approximate surface area is 128 Å². The first-order valence-electron chi connectivity index (χ1n) is 6.93. The van der Waals surface area contributed by atoms with Crippen molar-refractivity contribution >= 4 is 33.2 Å². The van der Waals surface area contributed by atoms with Gasteiger partial charge in [-0.3, -0.25) is 9.97 Å². The van der Waals surface area contributed by atoms with Crippen molar-refractivity contribution in [2.75, 3.05) is 11.5 Å². The number of aromatic nitrogens is 2. The van der Waals surface area contributed by atoms with Gasteiger partial charge in [-0.1, -0.05) is 24.3 Å². The normalized spacial score (nSPS) is 10.2. The molecule has 0 atom stereocenters. The zero-order valence-electron chi connectivity index (χ0n) is 12.0. The van der Waals surface area contributed by atoms with Crippen molar-refractivity contribution in [1.82, 2.24) is 9.97 Å². The molecule has 0 radical (unpaired) electrons. The molecular formula is C18H16N4. The zero-order chi connectivity index (χ0) is 15.4. The number of nitrogens with two attached hydrogens (primary N) is 2. The van der Waals surface area contributed by atoms with Gasteiger partial charge in [0.25, 0.3) is 0 Å². The molecule has 0 amide bonds. The number of nitrogens with zero attached hydrogens (tertiary/aromatic N) is 2. The molecule has 0 fully saturated rings. The minimum absolute atomic E-state index is 0.739. The van der Waals surface area contributed by atoms with Crippen molar-refractivity contribution in [3.8, 4) is 0 Å². The maximum absolute atomic E-state index is 5.69. The van der Waals surface area contributed by atoms with Crippen LogP contribution in [0.15, 0.2) is 73.1 Å². The summed E-state index contributed by atoms with van der Waals surface area (Å²) in [4.78, 5) is 8.32. The quantitative estimate of drug-likeness (QED) is 0.484. The number of benzene rings is 2. The molecule has 0 aliphatic rings. The molecule has 2 heterocycles. The summed E-state index contributed by atoms with van der Waals surface area (Å²) in [6, 6.07) is 19.3. The second kappa shape index (κ2) is 6.10. The zero-order valence-corrected chi connectivity index (χ0v) is 12.0. The SMILES string of the molecule is Nc1ccc2ncccc2c1.Nc1cccc2cccnc12. The van der Waals surface area contributed by atoms with E-state index in [0.29, 0.717) is 0 Å². The van der Waals surface area contributed by atoms with Crippen LogP contribution in [0.1, 0.15) is 0 Å². The standard InChI is InChI=1S/2C9H8N2/c10-8-5-1-3-7-4-2-6-11-9(7)8;10-8-3-4-9-7(6-8)2-1-5-11-9/h2*1-6H,10H2. The van der Waals surface area contributed by atoms with Crippen LogP contribution >= 0.6 is 0 Å². The van der Waals surface area contributed by atoms with E-state index < -0.39 is 0 Å². The minimum atomic E-state index is 0.739. The minimum Gasteiger partial charge on any atom is -0.399 e. The van der Waals surface area contributed by atoms with Gasteiger partial charge in [0.05, 0.1) is 16.7 Å². The number of rotatable bonds is 0. The lowest BCUT2D eigenvalue weighted by molar-refractivity contribution is 1.41. The molecule has 4 heteroatoms. The third-order valence-electron chi connectivity index (χ3n) is 3.29. The Hall–Kier alpha value is -3.14. The highest BCUT2D eigenvalue weighted by Crippen LogP contribution is 2.16. The molecule has 4 rings (SSSR count). The smallest absolute Gasteiger partial charge is 0.0931 e. The first kappa shape index (κ1) is 13.8. The van der Waals surface area contributed by atoms with Crippen LogP contribution in [0.2, 0.25) is 0 Å². The van der Waals surface area contributed by atoms with Crippen LogP contribution in [0.5, 0.6) is 0 Å². The molecule has 0 spiro atoms. The average Bonchev–Trinajstić information content (AvgIpc) is 2.56. The van der Waals surface area contributed by atoms with Gasteiger partial charge in [-0.05, 0) is 36.4 Å². The van der Waals surface area contributed by atoms with E-state index in [2.05, 4.69) is 9.97 Å². The summed E-state index contributed by atoms with van der Waals surface area (Å²) in [5.74, 6) is 0. The lowest BCUT2D eigenvalue weighted by Gasteiger charge is -1.97. The predicted octanol–water partition coefficient (Wildman–Crippen LogP) is 3.63. The number of pyridine rings is 2. The first-order valence-corrected chi connectivity index (χ1v) is 6.93. The van der Waals surface area contributed by atoms with Crippen molar-refractivity contribution in [2.45, 2.75) is 0 Å². The van der Waals surface area contributed by atoms with E-state index in [0.717, 1.165) is 33.2 Å². The predicted molar refractivity (Wildman–Crippen MR) is 92.3 cm³/mol. The maximum Gasteiger partial charge on any atom is 0.0931 e. The van der Waals surface area contributed by atoms with E-state index in [1.807, 2.05) is 60.7 Å². The van der Waals surface area contributed by atoms with Gasteiger partial charge in [0.1, 0.15) is 0 Å². The fraction of sp³-hybridized carbons (Fsp3) is 0. The van der Waals surface area contributed by atoms with Crippen LogP contribution in [0, 0.1) is 0 Å². The Morgan fingerprint density at radius 1 is 0.682 bits per heavy atom. The van der Waals surface area contributed by atoms with Gasteiger partial charge >= 0.3 is 0 Å². The molecule has 22 heavy (non-hydrogen) atoms.